The highest BCUT2D eigenvalue weighted by Gasteiger charge is 2.11. The molecule has 5 heteroatoms. The number of carbonyl (C=O) groups excluding carboxylic acids is 1. The first-order chi connectivity index (χ1) is 9.60. The number of hydrogen-bond acceptors (Lipinski definition) is 4. The van der Waals surface area contributed by atoms with Crippen molar-refractivity contribution in [1.82, 2.24) is 4.98 Å². The number of carbonyl (C=O) groups is 1. The van der Waals surface area contributed by atoms with E-state index in [9.17, 15) is 4.79 Å². The molecule has 106 valence electrons. The average Bonchev–Trinajstić information content (AvgIpc) is 2.88. The van der Waals surface area contributed by atoms with Crippen LogP contribution in [0.1, 0.15) is 42.7 Å². The Morgan fingerprint density at radius 2 is 2.25 bits per heavy atom. The molecule has 0 saturated heterocycles. The zero-order chi connectivity index (χ0) is 14.5. The molecule has 3 nitrogen and oxygen atoms in total. The lowest BCUT2D eigenvalue weighted by molar-refractivity contribution is 0.102. The summed E-state index contributed by atoms with van der Waals surface area (Å²) < 4.78 is 0. The van der Waals surface area contributed by atoms with E-state index in [1.165, 1.54) is 11.3 Å². The zero-order valence-corrected chi connectivity index (χ0v) is 13.5. The van der Waals surface area contributed by atoms with Crippen molar-refractivity contribution in [2.24, 2.45) is 0 Å². The van der Waals surface area contributed by atoms with Crippen molar-refractivity contribution in [2.75, 3.05) is 11.1 Å². The van der Waals surface area contributed by atoms with Gasteiger partial charge < -0.3 is 0 Å². The molecule has 0 unspecified atom stereocenters. The van der Waals surface area contributed by atoms with Crippen molar-refractivity contribution in [3.05, 3.63) is 40.9 Å². The van der Waals surface area contributed by atoms with Crippen LogP contribution in [0.15, 0.2) is 34.5 Å². The molecular formula is C15H18N2OS2. The van der Waals surface area contributed by atoms with Crippen molar-refractivity contribution in [1.29, 1.82) is 0 Å². The molecular weight excluding hydrogens is 288 g/mol. The van der Waals surface area contributed by atoms with Crippen LogP contribution in [0, 0.1) is 0 Å². The van der Waals surface area contributed by atoms with Gasteiger partial charge in [-0.1, -0.05) is 26.8 Å². The molecule has 20 heavy (non-hydrogen) atoms. The second-order valence-electron chi connectivity index (χ2n) is 4.65. The number of aromatic nitrogens is 1. The van der Waals surface area contributed by atoms with Gasteiger partial charge in [-0.2, -0.15) is 0 Å². The van der Waals surface area contributed by atoms with Crippen molar-refractivity contribution >= 4 is 34.1 Å². The van der Waals surface area contributed by atoms with Gasteiger partial charge in [-0.3, -0.25) is 10.1 Å². The lowest BCUT2D eigenvalue weighted by atomic mass is 10.2. The predicted molar refractivity (Wildman–Crippen MR) is 87.0 cm³/mol. The second kappa shape index (κ2) is 6.90. The maximum absolute atomic E-state index is 12.2. The van der Waals surface area contributed by atoms with E-state index in [0.29, 0.717) is 16.6 Å². The van der Waals surface area contributed by atoms with Gasteiger partial charge >= 0.3 is 0 Å². The van der Waals surface area contributed by atoms with Gasteiger partial charge in [-0.05, 0) is 29.9 Å². The van der Waals surface area contributed by atoms with Gasteiger partial charge in [-0.25, -0.2) is 4.98 Å². The first-order valence-corrected chi connectivity index (χ1v) is 8.46. The fraction of sp³-hybridized carbons (Fsp3) is 0.333. The topological polar surface area (TPSA) is 42.0 Å². The zero-order valence-electron chi connectivity index (χ0n) is 11.8. The Morgan fingerprint density at radius 1 is 1.45 bits per heavy atom. The third-order valence-corrected chi connectivity index (χ3v) is 4.39. The van der Waals surface area contributed by atoms with Gasteiger partial charge in [0.1, 0.15) is 0 Å². The van der Waals surface area contributed by atoms with E-state index in [0.717, 1.165) is 16.3 Å². The first-order valence-electron chi connectivity index (χ1n) is 6.59. The number of anilines is 1. The van der Waals surface area contributed by atoms with Crippen LogP contribution in [0.4, 0.5) is 5.13 Å². The minimum absolute atomic E-state index is 0.104. The highest BCUT2D eigenvalue weighted by Crippen LogP contribution is 2.23. The summed E-state index contributed by atoms with van der Waals surface area (Å²) in [7, 11) is 0. The third kappa shape index (κ3) is 3.84. The molecule has 1 heterocycles. The maximum Gasteiger partial charge on any atom is 0.257 e. The van der Waals surface area contributed by atoms with Crippen LogP contribution in [-0.4, -0.2) is 16.6 Å². The van der Waals surface area contributed by atoms with E-state index in [1.54, 1.807) is 11.8 Å². The Kier molecular flexibility index (Phi) is 5.20. The Labute approximate surface area is 127 Å². The molecule has 0 fully saturated rings. The summed E-state index contributed by atoms with van der Waals surface area (Å²) in [5.74, 6) is 1.27. The average molecular weight is 306 g/mol. The number of thiazole rings is 1. The second-order valence-corrected chi connectivity index (χ2v) is 6.84. The molecule has 0 aliphatic rings. The highest BCUT2D eigenvalue weighted by atomic mass is 32.2. The van der Waals surface area contributed by atoms with Gasteiger partial charge in [0.05, 0.1) is 5.69 Å². The molecule has 0 aliphatic heterocycles. The molecule has 1 aromatic heterocycles. The summed E-state index contributed by atoms with van der Waals surface area (Å²) in [6, 6.07) is 7.67. The van der Waals surface area contributed by atoms with Crippen LogP contribution in [0.5, 0.6) is 0 Å². The molecule has 2 aromatic rings. The molecule has 0 radical (unpaired) electrons. The van der Waals surface area contributed by atoms with E-state index >= 15 is 0 Å². The molecule has 2 rings (SSSR count). The quantitative estimate of drug-likeness (QED) is 0.819. The van der Waals surface area contributed by atoms with E-state index in [2.05, 4.69) is 31.1 Å². The number of nitrogens with zero attached hydrogens (tertiary/aromatic N) is 1. The summed E-state index contributed by atoms with van der Waals surface area (Å²) in [6.07, 6.45) is 0. The molecule has 0 aliphatic carbocycles. The normalized spacial score (nSPS) is 10.8. The van der Waals surface area contributed by atoms with E-state index in [1.807, 2.05) is 29.6 Å². The summed E-state index contributed by atoms with van der Waals surface area (Å²) in [5.41, 5.74) is 1.69. The van der Waals surface area contributed by atoms with Crippen LogP contribution in [0.2, 0.25) is 0 Å². The SMILES string of the molecule is CCSc1cccc(C(=O)Nc2nc(C(C)C)cs2)c1. The maximum atomic E-state index is 12.2. The number of nitrogens with one attached hydrogen (secondary N) is 1. The largest absolute Gasteiger partial charge is 0.298 e. The molecule has 0 spiro atoms. The standard InChI is InChI=1S/C15H18N2OS2/c1-4-19-12-7-5-6-11(8-12)14(18)17-15-16-13(9-20-15)10(2)3/h5-10H,4H2,1-3H3,(H,16,17,18). The van der Waals surface area contributed by atoms with Crippen molar-refractivity contribution in [2.45, 2.75) is 31.6 Å². The molecule has 1 amide bonds. The molecule has 1 aromatic carbocycles. The van der Waals surface area contributed by atoms with Crippen molar-refractivity contribution in [3.63, 3.8) is 0 Å². The smallest absolute Gasteiger partial charge is 0.257 e. The molecule has 1 N–H and O–H groups in total. The van der Waals surface area contributed by atoms with Crippen LogP contribution in [-0.2, 0) is 0 Å². The lowest BCUT2D eigenvalue weighted by Gasteiger charge is -2.04. The fourth-order valence-corrected chi connectivity index (χ4v) is 3.26. The monoisotopic (exact) mass is 306 g/mol. The lowest BCUT2D eigenvalue weighted by Crippen LogP contribution is -2.11. The Balaban J connectivity index is 2.09. The minimum atomic E-state index is -0.104. The third-order valence-electron chi connectivity index (χ3n) is 2.74. The summed E-state index contributed by atoms with van der Waals surface area (Å²) in [4.78, 5) is 17.7. The van der Waals surface area contributed by atoms with Crippen LogP contribution in [0.25, 0.3) is 0 Å². The number of amides is 1. The molecule has 0 saturated carbocycles. The Morgan fingerprint density at radius 3 is 2.90 bits per heavy atom. The fourth-order valence-electron chi connectivity index (χ4n) is 1.67. The van der Waals surface area contributed by atoms with Gasteiger partial charge in [-0.15, -0.1) is 23.1 Å². The first kappa shape index (κ1) is 15.1. The van der Waals surface area contributed by atoms with Gasteiger partial charge in [0.25, 0.3) is 5.91 Å². The van der Waals surface area contributed by atoms with E-state index < -0.39 is 0 Å². The molecule has 0 atom stereocenters. The summed E-state index contributed by atoms with van der Waals surface area (Å²) in [6.45, 7) is 6.28. The highest BCUT2D eigenvalue weighted by molar-refractivity contribution is 7.99. The number of thioether (sulfide) groups is 1. The molecule has 0 bridgehead atoms. The summed E-state index contributed by atoms with van der Waals surface area (Å²) in [5, 5.41) is 5.51. The van der Waals surface area contributed by atoms with Gasteiger partial charge in [0.2, 0.25) is 0 Å². The van der Waals surface area contributed by atoms with Crippen molar-refractivity contribution in [3.8, 4) is 0 Å². The van der Waals surface area contributed by atoms with Crippen LogP contribution in [0.3, 0.4) is 0 Å². The number of rotatable bonds is 5. The van der Waals surface area contributed by atoms with Crippen molar-refractivity contribution < 1.29 is 4.79 Å². The Hall–Kier alpha value is -1.33. The predicted octanol–water partition coefficient (Wildman–Crippen LogP) is 4.63. The number of benzene rings is 1. The summed E-state index contributed by atoms with van der Waals surface area (Å²) >= 11 is 3.20. The van der Waals surface area contributed by atoms with E-state index in [-0.39, 0.29) is 5.91 Å². The van der Waals surface area contributed by atoms with Crippen LogP contribution >= 0.6 is 23.1 Å². The minimum Gasteiger partial charge on any atom is -0.298 e. The van der Waals surface area contributed by atoms with Crippen LogP contribution < -0.4 is 5.32 Å². The Bertz CT molecular complexity index is 593. The van der Waals surface area contributed by atoms with E-state index in [4.69, 9.17) is 0 Å². The van der Waals surface area contributed by atoms with Gasteiger partial charge in [0, 0.05) is 15.8 Å². The number of hydrogen-bond donors (Lipinski definition) is 1. The van der Waals surface area contributed by atoms with Gasteiger partial charge in [0.15, 0.2) is 5.13 Å².